The Morgan fingerprint density at radius 1 is 0.927 bits per heavy atom. The lowest BCUT2D eigenvalue weighted by atomic mass is 9.77. The quantitative estimate of drug-likeness (QED) is 0.190. The summed E-state index contributed by atoms with van der Waals surface area (Å²) < 4.78 is 5.34. The van der Waals surface area contributed by atoms with Gasteiger partial charge in [0.15, 0.2) is 0 Å². The van der Waals surface area contributed by atoms with Crippen molar-refractivity contribution in [2.45, 2.75) is 36.6 Å². The summed E-state index contributed by atoms with van der Waals surface area (Å²) in [5.41, 5.74) is 9.14. The number of benzene rings is 3. The van der Waals surface area contributed by atoms with Crippen LogP contribution in [0.5, 0.6) is 0 Å². The zero-order valence-corrected chi connectivity index (χ0v) is 22.7. The summed E-state index contributed by atoms with van der Waals surface area (Å²) in [4.78, 5) is 30.3. The van der Waals surface area contributed by atoms with E-state index >= 15 is 0 Å². The SMILES string of the molecule is N[C@H](/C=C/C(=O)OCC1N=C2C=CC=CC2N1)CCC(=O)NC(c1ccccc1)(c1ccccc1)c1ccccc1. The van der Waals surface area contributed by atoms with Crippen LogP contribution in [-0.4, -0.2) is 42.4 Å². The fourth-order valence-electron chi connectivity index (χ4n) is 5.16. The molecule has 1 aliphatic heterocycles. The van der Waals surface area contributed by atoms with E-state index in [0.717, 1.165) is 22.4 Å². The van der Waals surface area contributed by atoms with Gasteiger partial charge in [0.25, 0.3) is 0 Å². The van der Waals surface area contributed by atoms with Gasteiger partial charge in [-0.3, -0.25) is 15.1 Å². The lowest BCUT2D eigenvalue weighted by molar-refractivity contribution is -0.138. The molecule has 208 valence electrons. The highest BCUT2D eigenvalue weighted by Gasteiger charge is 2.37. The molecule has 1 aliphatic carbocycles. The molecule has 3 aromatic rings. The highest BCUT2D eigenvalue weighted by Crippen LogP contribution is 2.36. The van der Waals surface area contributed by atoms with Gasteiger partial charge in [0.05, 0.1) is 11.8 Å². The summed E-state index contributed by atoms with van der Waals surface area (Å²) in [6, 6.07) is 29.4. The van der Waals surface area contributed by atoms with Crippen LogP contribution in [0.1, 0.15) is 29.5 Å². The van der Waals surface area contributed by atoms with Crippen molar-refractivity contribution in [3.63, 3.8) is 0 Å². The van der Waals surface area contributed by atoms with E-state index in [9.17, 15) is 9.59 Å². The summed E-state index contributed by atoms with van der Waals surface area (Å²) in [6.07, 6.45) is 11.0. The molecule has 1 heterocycles. The number of ether oxygens (including phenoxy) is 1. The molecule has 2 aliphatic rings. The van der Waals surface area contributed by atoms with Crippen molar-refractivity contribution in [3.8, 4) is 0 Å². The molecule has 0 aromatic heterocycles. The second kappa shape index (κ2) is 13.2. The predicted molar refractivity (Wildman–Crippen MR) is 161 cm³/mol. The van der Waals surface area contributed by atoms with E-state index in [1.54, 1.807) is 6.08 Å². The van der Waals surface area contributed by atoms with Crippen LogP contribution < -0.4 is 16.4 Å². The molecular formula is C34H34N4O3. The predicted octanol–water partition coefficient (Wildman–Crippen LogP) is 4.17. The van der Waals surface area contributed by atoms with E-state index in [1.807, 2.05) is 115 Å². The Balaban J connectivity index is 1.21. The van der Waals surface area contributed by atoms with Gasteiger partial charge >= 0.3 is 5.97 Å². The number of hydrogen-bond donors (Lipinski definition) is 3. The molecule has 3 aromatic carbocycles. The number of nitrogens with two attached hydrogens (primary N) is 1. The van der Waals surface area contributed by atoms with Crippen LogP contribution in [0.4, 0.5) is 0 Å². The van der Waals surface area contributed by atoms with Crippen molar-refractivity contribution >= 4 is 17.6 Å². The third-order valence-electron chi connectivity index (χ3n) is 7.19. The molecule has 0 radical (unpaired) electrons. The first-order chi connectivity index (χ1) is 20.0. The van der Waals surface area contributed by atoms with E-state index in [1.165, 1.54) is 6.08 Å². The van der Waals surface area contributed by atoms with Gasteiger partial charge < -0.3 is 15.8 Å². The van der Waals surface area contributed by atoms with Gasteiger partial charge in [-0.1, -0.05) is 115 Å². The van der Waals surface area contributed by atoms with Gasteiger partial charge in [0.2, 0.25) is 5.91 Å². The molecule has 0 saturated heterocycles. The van der Waals surface area contributed by atoms with Gasteiger partial charge in [-0.2, -0.15) is 0 Å². The molecule has 1 amide bonds. The van der Waals surface area contributed by atoms with Crippen LogP contribution in [0.25, 0.3) is 0 Å². The third-order valence-corrected chi connectivity index (χ3v) is 7.19. The van der Waals surface area contributed by atoms with Gasteiger partial charge in [0, 0.05) is 18.5 Å². The number of carbonyl (C=O) groups excluding carboxylic acids is 2. The van der Waals surface area contributed by atoms with Crippen LogP contribution in [0.3, 0.4) is 0 Å². The summed E-state index contributed by atoms with van der Waals surface area (Å²) >= 11 is 0. The van der Waals surface area contributed by atoms with Crippen molar-refractivity contribution in [1.82, 2.24) is 10.6 Å². The van der Waals surface area contributed by atoms with Crippen molar-refractivity contribution in [3.05, 3.63) is 144 Å². The lowest BCUT2D eigenvalue weighted by Crippen LogP contribution is -2.48. The average molecular weight is 547 g/mol. The Bertz CT molecular complexity index is 1350. The zero-order chi connectivity index (χ0) is 28.5. The molecule has 7 heteroatoms. The van der Waals surface area contributed by atoms with Crippen molar-refractivity contribution in [2.75, 3.05) is 6.61 Å². The number of fused-ring (bicyclic) bond motifs is 1. The summed E-state index contributed by atoms with van der Waals surface area (Å²) in [6.45, 7) is 0.128. The molecule has 0 spiro atoms. The largest absolute Gasteiger partial charge is 0.459 e. The number of nitrogens with one attached hydrogen (secondary N) is 2. The Morgan fingerprint density at radius 2 is 1.51 bits per heavy atom. The second-order valence-electron chi connectivity index (χ2n) is 10.0. The molecule has 0 fully saturated rings. The molecule has 41 heavy (non-hydrogen) atoms. The molecule has 0 saturated carbocycles. The number of allylic oxidation sites excluding steroid dienone is 2. The van der Waals surface area contributed by atoms with Crippen LogP contribution in [0, 0.1) is 0 Å². The fraction of sp³-hybridized carbons (Fsp3) is 0.206. The number of amides is 1. The minimum absolute atomic E-state index is 0.0585. The number of nitrogens with zero attached hydrogens (tertiary/aromatic N) is 1. The first-order valence-corrected chi connectivity index (χ1v) is 13.8. The number of rotatable bonds is 11. The van der Waals surface area contributed by atoms with Crippen LogP contribution in [0.2, 0.25) is 0 Å². The third kappa shape index (κ3) is 6.77. The Labute approximate surface area is 240 Å². The number of aliphatic imine (C=N–C) groups is 1. The number of carbonyl (C=O) groups is 2. The van der Waals surface area contributed by atoms with Crippen LogP contribution >= 0.6 is 0 Å². The summed E-state index contributed by atoms with van der Waals surface area (Å²) in [5.74, 6) is -0.645. The van der Waals surface area contributed by atoms with Crippen molar-refractivity contribution in [1.29, 1.82) is 0 Å². The minimum atomic E-state index is -0.884. The topological polar surface area (TPSA) is 106 Å². The highest BCUT2D eigenvalue weighted by atomic mass is 16.5. The van der Waals surface area contributed by atoms with E-state index in [-0.39, 0.29) is 31.1 Å². The lowest BCUT2D eigenvalue weighted by Gasteiger charge is -2.37. The standard InChI is InChI=1S/C34H34N4O3/c35-28(21-23-33(40)41-24-31-36-29-18-10-11-19-30(29)37-31)20-22-32(39)38-34(25-12-4-1-5-13-25,26-14-6-2-7-15-26)27-16-8-3-9-17-27/h1-19,21,23,28-29,31,36H,20,22,24,35H2,(H,38,39)/b23-21+/t28-,29?,31?/m0/s1. The number of esters is 1. The first kappa shape index (κ1) is 28.0. The number of hydrogen-bond acceptors (Lipinski definition) is 6. The molecule has 7 nitrogen and oxygen atoms in total. The van der Waals surface area contributed by atoms with E-state index < -0.39 is 17.6 Å². The molecular weight excluding hydrogens is 512 g/mol. The van der Waals surface area contributed by atoms with E-state index in [2.05, 4.69) is 15.6 Å². The van der Waals surface area contributed by atoms with Gasteiger partial charge in [-0.25, -0.2) is 4.79 Å². The molecule has 2 unspecified atom stereocenters. The van der Waals surface area contributed by atoms with Crippen molar-refractivity contribution < 1.29 is 14.3 Å². The monoisotopic (exact) mass is 546 g/mol. The summed E-state index contributed by atoms with van der Waals surface area (Å²) in [7, 11) is 0. The first-order valence-electron chi connectivity index (χ1n) is 13.8. The van der Waals surface area contributed by atoms with Gasteiger partial charge in [-0.05, 0) is 29.2 Å². The van der Waals surface area contributed by atoms with Gasteiger partial charge in [0.1, 0.15) is 18.3 Å². The summed E-state index contributed by atoms with van der Waals surface area (Å²) in [5, 5.41) is 6.62. The maximum Gasteiger partial charge on any atom is 0.330 e. The Hall–Kier alpha value is -4.59. The zero-order valence-electron chi connectivity index (χ0n) is 22.7. The molecule has 5 rings (SSSR count). The van der Waals surface area contributed by atoms with Gasteiger partial charge in [-0.15, -0.1) is 0 Å². The molecule has 3 atom stereocenters. The second-order valence-corrected chi connectivity index (χ2v) is 10.0. The molecule has 0 bridgehead atoms. The average Bonchev–Trinajstić information content (AvgIpc) is 3.45. The Morgan fingerprint density at radius 3 is 2.07 bits per heavy atom. The fourth-order valence-corrected chi connectivity index (χ4v) is 5.16. The van der Waals surface area contributed by atoms with Crippen molar-refractivity contribution in [2.24, 2.45) is 10.7 Å². The maximum atomic E-state index is 13.5. The van der Waals surface area contributed by atoms with Crippen LogP contribution in [-0.2, 0) is 19.9 Å². The smallest absolute Gasteiger partial charge is 0.330 e. The minimum Gasteiger partial charge on any atom is -0.459 e. The maximum absolute atomic E-state index is 13.5. The van der Waals surface area contributed by atoms with Crippen LogP contribution in [0.15, 0.2) is 132 Å². The van der Waals surface area contributed by atoms with E-state index in [4.69, 9.17) is 10.5 Å². The van der Waals surface area contributed by atoms with E-state index in [0.29, 0.717) is 6.42 Å². The highest BCUT2D eigenvalue weighted by molar-refractivity contribution is 6.03. The molecule has 4 N–H and O–H groups in total. The normalized spacial score (nSPS) is 18.5. The Kier molecular flexibility index (Phi) is 8.98.